The first kappa shape index (κ1) is 14.0. The van der Waals surface area contributed by atoms with E-state index in [1.54, 1.807) is 30.3 Å². The normalized spacial score (nSPS) is 31.6. The number of ether oxygens (including phenoxy) is 2. The summed E-state index contributed by atoms with van der Waals surface area (Å²) in [5, 5.41) is 0. The standard InChI is InChI=1S/C15H14F2O4/c1-20-11(18)13-8-14(9-13,15(13,16)17)12(19)21-7-10-5-3-2-4-6-10/h2-6H,7-9H2,1H3. The van der Waals surface area contributed by atoms with Gasteiger partial charge in [-0.25, -0.2) is 8.78 Å². The zero-order valence-electron chi connectivity index (χ0n) is 11.4. The van der Waals surface area contributed by atoms with Crippen molar-refractivity contribution in [3.63, 3.8) is 0 Å². The van der Waals surface area contributed by atoms with Crippen LogP contribution in [0.3, 0.4) is 0 Å². The Morgan fingerprint density at radius 3 is 2.19 bits per heavy atom. The van der Waals surface area contributed by atoms with Crippen molar-refractivity contribution in [2.24, 2.45) is 10.8 Å². The number of hydrogen-bond donors (Lipinski definition) is 0. The van der Waals surface area contributed by atoms with E-state index in [0.717, 1.165) is 12.7 Å². The van der Waals surface area contributed by atoms with Crippen molar-refractivity contribution in [2.45, 2.75) is 25.4 Å². The van der Waals surface area contributed by atoms with Crippen molar-refractivity contribution >= 4 is 11.9 Å². The zero-order chi connectivity index (χ0) is 15.3. The molecule has 0 spiro atoms. The van der Waals surface area contributed by atoms with Gasteiger partial charge in [0, 0.05) is 0 Å². The highest BCUT2D eigenvalue weighted by atomic mass is 19.3. The number of rotatable bonds is 4. The summed E-state index contributed by atoms with van der Waals surface area (Å²) in [5.74, 6) is -5.28. The zero-order valence-corrected chi connectivity index (χ0v) is 11.4. The predicted molar refractivity (Wildman–Crippen MR) is 67.3 cm³/mol. The Hall–Kier alpha value is -1.98. The van der Waals surface area contributed by atoms with Gasteiger partial charge >= 0.3 is 11.9 Å². The van der Waals surface area contributed by atoms with E-state index >= 15 is 0 Å². The number of carbonyl (C=O) groups excluding carboxylic acids is 2. The van der Waals surface area contributed by atoms with Gasteiger partial charge in [0.15, 0.2) is 0 Å². The second-order valence-corrected chi connectivity index (χ2v) is 5.65. The van der Waals surface area contributed by atoms with Gasteiger partial charge in [-0.3, -0.25) is 9.59 Å². The Morgan fingerprint density at radius 1 is 1.10 bits per heavy atom. The Balaban J connectivity index is 1.67. The second kappa shape index (κ2) is 4.26. The number of esters is 2. The van der Waals surface area contributed by atoms with Crippen LogP contribution < -0.4 is 0 Å². The Bertz CT molecular complexity index is 591. The fourth-order valence-corrected chi connectivity index (χ4v) is 3.27. The molecule has 1 aromatic rings. The minimum absolute atomic E-state index is 0.0528. The number of benzene rings is 1. The number of alkyl halides is 2. The van der Waals surface area contributed by atoms with Crippen molar-refractivity contribution < 1.29 is 27.8 Å². The largest absolute Gasteiger partial charge is 0.468 e. The van der Waals surface area contributed by atoms with Crippen LogP contribution >= 0.6 is 0 Å². The predicted octanol–water partition coefficient (Wildman–Crippen LogP) is 2.32. The fourth-order valence-electron chi connectivity index (χ4n) is 3.27. The van der Waals surface area contributed by atoms with E-state index in [2.05, 4.69) is 4.74 Å². The average Bonchev–Trinajstić information content (AvgIpc) is 2.44. The highest BCUT2D eigenvalue weighted by Gasteiger charge is 2.95. The molecule has 3 aliphatic rings. The third-order valence-electron chi connectivity index (χ3n) is 4.59. The fraction of sp³-hybridized carbons (Fsp3) is 0.467. The molecular weight excluding hydrogens is 282 g/mol. The number of hydrogen-bond acceptors (Lipinski definition) is 4. The molecule has 21 heavy (non-hydrogen) atoms. The summed E-state index contributed by atoms with van der Waals surface area (Å²) in [4.78, 5) is 23.4. The lowest BCUT2D eigenvalue weighted by atomic mass is 9.32. The van der Waals surface area contributed by atoms with E-state index in [4.69, 9.17) is 4.74 Å². The first-order valence-corrected chi connectivity index (χ1v) is 6.57. The first-order valence-electron chi connectivity index (χ1n) is 6.57. The minimum atomic E-state index is -3.39. The van der Waals surface area contributed by atoms with Crippen LogP contribution in [0.15, 0.2) is 30.3 Å². The highest BCUT2D eigenvalue weighted by molar-refractivity contribution is 5.94. The molecule has 0 amide bonds. The van der Waals surface area contributed by atoms with Crippen LogP contribution in [-0.4, -0.2) is 25.0 Å². The molecule has 4 rings (SSSR count). The van der Waals surface area contributed by atoms with Crippen molar-refractivity contribution in [1.82, 2.24) is 0 Å². The molecule has 3 aliphatic carbocycles. The summed E-state index contributed by atoms with van der Waals surface area (Å²) in [6, 6.07) is 8.82. The van der Waals surface area contributed by atoms with Crippen LogP contribution in [-0.2, 0) is 25.7 Å². The first-order chi connectivity index (χ1) is 9.89. The second-order valence-electron chi connectivity index (χ2n) is 5.65. The maximum Gasteiger partial charge on any atom is 0.318 e. The summed E-state index contributed by atoms with van der Waals surface area (Å²) < 4.78 is 37.6. The third kappa shape index (κ3) is 1.53. The minimum Gasteiger partial charge on any atom is -0.468 e. The monoisotopic (exact) mass is 296 g/mol. The molecule has 0 radical (unpaired) electrons. The Labute approximate surface area is 120 Å². The van der Waals surface area contributed by atoms with Crippen LogP contribution in [0, 0.1) is 10.8 Å². The Kier molecular flexibility index (Phi) is 2.83. The molecule has 6 heteroatoms. The number of methoxy groups -OCH3 is 1. The molecule has 0 heterocycles. The van der Waals surface area contributed by atoms with Gasteiger partial charge < -0.3 is 9.47 Å². The van der Waals surface area contributed by atoms with Crippen LogP contribution in [0.4, 0.5) is 8.78 Å². The van der Waals surface area contributed by atoms with E-state index in [9.17, 15) is 18.4 Å². The van der Waals surface area contributed by atoms with Gasteiger partial charge in [0.2, 0.25) is 0 Å². The summed E-state index contributed by atoms with van der Waals surface area (Å²) in [7, 11) is 1.07. The van der Waals surface area contributed by atoms with Crippen molar-refractivity contribution in [2.75, 3.05) is 7.11 Å². The lowest BCUT2D eigenvalue weighted by Crippen LogP contribution is -2.84. The Morgan fingerprint density at radius 2 is 1.67 bits per heavy atom. The van der Waals surface area contributed by atoms with Crippen LogP contribution in [0.5, 0.6) is 0 Å². The van der Waals surface area contributed by atoms with Crippen molar-refractivity contribution in [3.8, 4) is 0 Å². The van der Waals surface area contributed by atoms with Gasteiger partial charge in [-0.1, -0.05) is 30.3 Å². The molecule has 1 aromatic carbocycles. The van der Waals surface area contributed by atoms with Crippen LogP contribution in [0.2, 0.25) is 0 Å². The van der Waals surface area contributed by atoms with E-state index in [-0.39, 0.29) is 19.4 Å². The molecule has 0 aromatic heterocycles. The van der Waals surface area contributed by atoms with Gasteiger partial charge in [-0.2, -0.15) is 0 Å². The molecule has 0 aliphatic heterocycles. The van der Waals surface area contributed by atoms with Crippen LogP contribution in [0.1, 0.15) is 18.4 Å². The molecule has 3 fully saturated rings. The van der Waals surface area contributed by atoms with Crippen LogP contribution in [0.25, 0.3) is 0 Å². The molecule has 112 valence electrons. The van der Waals surface area contributed by atoms with Crippen molar-refractivity contribution in [3.05, 3.63) is 35.9 Å². The van der Waals surface area contributed by atoms with Gasteiger partial charge in [0.1, 0.15) is 17.4 Å². The molecule has 4 nitrogen and oxygen atoms in total. The van der Waals surface area contributed by atoms with E-state index in [0.29, 0.717) is 0 Å². The summed E-state index contributed by atoms with van der Waals surface area (Å²) in [6.07, 6.45) is -0.402. The van der Waals surface area contributed by atoms with E-state index in [1.165, 1.54) is 0 Å². The number of halogens is 2. The van der Waals surface area contributed by atoms with Gasteiger partial charge in [-0.05, 0) is 18.4 Å². The molecular formula is C15H14F2O4. The topological polar surface area (TPSA) is 52.6 Å². The summed E-state index contributed by atoms with van der Waals surface area (Å²) in [6.45, 7) is -0.0528. The quantitative estimate of drug-likeness (QED) is 0.800. The SMILES string of the molecule is COC(=O)C12CC(C(=O)OCc3ccccc3)(C1)C2(F)F. The van der Waals surface area contributed by atoms with E-state index < -0.39 is 28.7 Å². The molecule has 3 saturated carbocycles. The smallest absolute Gasteiger partial charge is 0.318 e. The van der Waals surface area contributed by atoms with E-state index in [1.807, 2.05) is 0 Å². The number of carbonyl (C=O) groups is 2. The lowest BCUT2D eigenvalue weighted by molar-refractivity contribution is -0.385. The molecule has 0 unspecified atom stereocenters. The maximum absolute atomic E-state index is 14.1. The molecule has 0 atom stereocenters. The van der Waals surface area contributed by atoms with Gasteiger partial charge in [-0.15, -0.1) is 0 Å². The summed E-state index contributed by atoms with van der Waals surface area (Å²) >= 11 is 0. The highest BCUT2D eigenvalue weighted by Crippen LogP contribution is 2.82. The van der Waals surface area contributed by atoms with Crippen molar-refractivity contribution in [1.29, 1.82) is 0 Å². The average molecular weight is 296 g/mol. The summed E-state index contributed by atoms with van der Waals surface area (Å²) in [5.41, 5.74) is -2.95. The lowest BCUT2D eigenvalue weighted by Gasteiger charge is -2.70. The molecule has 0 N–H and O–H groups in total. The van der Waals surface area contributed by atoms with Gasteiger partial charge in [0.25, 0.3) is 5.92 Å². The van der Waals surface area contributed by atoms with Gasteiger partial charge in [0.05, 0.1) is 7.11 Å². The molecule has 0 saturated heterocycles. The molecule has 2 bridgehead atoms. The maximum atomic E-state index is 14.1. The third-order valence-corrected chi connectivity index (χ3v) is 4.59.